The predicted molar refractivity (Wildman–Crippen MR) is 110 cm³/mol. The van der Waals surface area contributed by atoms with Crippen LogP contribution < -0.4 is 14.7 Å². The summed E-state index contributed by atoms with van der Waals surface area (Å²) in [6.45, 7) is 0.171. The Balaban J connectivity index is 1.79. The summed E-state index contributed by atoms with van der Waals surface area (Å²) in [5.74, 6) is -2.04. The summed E-state index contributed by atoms with van der Waals surface area (Å²) in [6, 6.07) is 14.8. The van der Waals surface area contributed by atoms with Crippen LogP contribution in [0.25, 0.3) is 0 Å². The van der Waals surface area contributed by atoms with Crippen LogP contribution in [0.3, 0.4) is 0 Å². The Labute approximate surface area is 180 Å². The lowest BCUT2D eigenvalue weighted by Crippen LogP contribution is -2.46. The molecule has 3 amide bonds. The first-order valence-corrected chi connectivity index (χ1v) is 9.95. The van der Waals surface area contributed by atoms with Crippen LogP contribution >= 0.6 is 0 Å². The van der Waals surface area contributed by atoms with Gasteiger partial charge in [0.15, 0.2) is 0 Å². The maximum absolute atomic E-state index is 13.1. The number of nitrogens with zero attached hydrogens (tertiary/aromatic N) is 2. The molecule has 0 N–H and O–H groups in total. The number of carbonyl (C=O) groups is 4. The Bertz CT molecular complexity index is 958. The smallest absolute Gasteiger partial charge is 0.257 e. The average molecular weight is 423 g/mol. The molecule has 0 spiro atoms. The van der Waals surface area contributed by atoms with Crippen molar-refractivity contribution in [2.45, 2.75) is 31.7 Å². The maximum atomic E-state index is 13.1. The molecular weight excluding hydrogens is 400 g/mol. The molecule has 0 unspecified atom stereocenters. The van der Waals surface area contributed by atoms with Gasteiger partial charge >= 0.3 is 0 Å². The van der Waals surface area contributed by atoms with Crippen LogP contribution in [0, 0.1) is 0 Å². The monoisotopic (exact) mass is 423 g/mol. The summed E-state index contributed by atoms with van der Waals surface area (Å²) in [7, 11) is 1.56. The van der Waals surface area contributed by atoms with E-state index < -0.39 is 36.2 Å². The highest BCUT2D eigenvalue weighted by Crippen LogP contribution is 2.26. The van der Waals surface area contributed by atoms with Gasteiger partial charge in [-0.15, -0.1) is 0 Å². The molecule has 0 aliphatic carbocycles. The molecule has 0 saturated carbocycles. The Kier molecular flexibility index (Phi) is 7.02. The van der Waals surface area contributed by atoms with E-state index in [9.17, 15) is 24.3 Å². The minimum atomic E-state index is -1.34. The van der Waals surface area contributed by atoms with Gasteiger partial charge in [0.25, 0.3) is 5.91 Å². The van der Waals surface area contributed by atoms with E-state index in [4.69, 9.17) is 4.74 Å². The van der Waals surface area contributed by atoms with Gasteiger partial charge in [-0.1, -0.05) is 30.3 Å². The van der Waals surface area contributed by atoms with Crippen molar-refractivity contribution in [3.8, 4) is 5.75 Å². The van der Waals surface area contributed by atoms with Crippen molar-refractivity contribution in [3.63, 3.8) is 0 Å². The first-order chi connectivity index (χ1) is 14.9. The fourth-order valence-corrected chi connectivity index (χ4v) is 3.56. The van der Waals surface area contributed by atoms with Gasteiger partial charge in [0.05, 0.1) is 19.2 Å². The highest BCUT2D eigenvalue weighted by Gasteiger charge is 2.44. The molecule has 0 aromatic heterocycles. The van der Waals surface area contributed by atoms with E-state index in [1.807, 2.05) is 12.1 Å². The van der Waals surface area contributed by atoms with Crippen molar-refractivity contribution in [2.75, 3.05) is 18.6 Å². The van der Waals surface area contributed by atoms with Crippen molar-refractivity contribution in [3.05, 3.63) is 60.2 Å². The van der Waals surface area contributed by atoms with Gasteiger partial charge in [0, 0.05) is 18.9 Å². The summed E-state index contributed by atoms with van der Waals surface area (Å²) in [6.07, 6.45) is -0.457. The molecule has 1 aliphatic heterocycles. The molecule has 2 aromatic carbocycles. The first kappa shape index (κ1) is 22.0. The number of hydrogen-bond acceptors (Lipinski definition) is 6. The largest absolute Gasteiger partial charge is 0.550 e. The number of anilines is 1. The second-order valence-corrected chi connectivity index (χ2v) is 7.18. The molecule has 31 heavy (non-hydrogen) atoms. The van der Waals surface area contributed by atoms with Crippen molar-refractivity contribution in [2.24, 2.45) is 0 Å². The molecule has 8 nitrogen and oxygen atoms in total. The second-order valence-electron chi connectivity index (χ2n) is 7.18. The van der Waals surface area contributed by atoms with Crippen LogP contribution in [0.2, 0.25) is 0 Å². The first-order valence-electron chi connectivity index (χ1n) is 9.95. The zero-order valence-electron chi connectivity index (χ0n) is 17.2. The summed E-state index contributed by atoms with van der Waals surface area (Å²) in [5.41, 5.74) is 1.35. The number of hydrogen-bond donors (Lipinski definition) is 0. The van der Waals surface area contributed by atoms with Crippen molar-refractivity contribution >= 4 is 29.4 Å². The van der Waals surface area contributed by atoms with Crippen LogP contribution in [0.5, 0.6) is 5.75 Å². The summed E-state index contributed by atoms with van der Waals surface area (Å²) in [5, 5.41) is 10.8. The summed E-state index contributed by atoms with van der Waals surface area (Å²) in [4.78, 5) is 51.6. The number of para-hydroxylation sites is 1. The lowest BCUT2D eigenvalue weighted by molar-refractivity contribution is -0.305. The van der Waals surface area contributed by atoms with Gasteiger partial charge in [-0.05, 0) is 42.7 Å². The minimum absolute atomic E-state index is 0.145. The number of amides is 3. The van der Waals surface area contributed by atoms with Crippen molar-refractivity contribution in [1.82, 2.24) is 4.90 Å². The highest BCUT2D eigenvalue weighted by molar-refractivity contribution is 6.23. The summed E-state index contributed by atoms with van der Waals surface area (Å²) < 4.78 is 5.13. The van der Waals surface area contributed by atoms with Crippen LogP contribution in [-0.4, -0.2) is 48.3 Å². The lowest BCUT2D eigenvalue weighted by Gasteiger charge is -2.28. The predicted octanol–water partition coefficient (Wildman–Crippen LogP) is 0.929. The van der Waals surface area contributed by atoms with E-state index in [1.165, 1.54) is 4.90 Å². The van der Waals surface area contributed by atoms with Gasteiger partial charge in [-0.25, -0.2) is 4.90 Å². The zero-order valence-corrected chi connectivity index (χ0v) is 17.2. The van der Waals surface area contributed by atoms with E-state index in [-0.39, 0.29) is 19.4 Å². The van der Waals surface area contributed by atoms with Gasteiger partial charge in [-0.3, -0.25) is 14.4 Å². The van der Waals surface area contributed by atoms with E-state index in [1.54, 1.807) is 49.6 Å². The fourth-order valence-electron chi connectivity index (χ4n) is 3.56. The number of benzene rings is 2. The number of imide groups is 1. The third-order valence-corrected chi connectivity index (χ3v) is 5.18. The minimum Gasteiger partial charge on any atom is -0.550 e. The molecule has 1 heterocycles. The zero-order chi connectivity index (χ0) is 22.4. The maximum Gasteiger partial charge on any atom is 0.257 e. The topological polar surface area (TPSA) is 107 Å². The molecule has 1 atom stereocenters. The van der Waals surface area contributed by atoms with Gasteiger partial charge in [0.2, 0.25) is 11.8 Å². The average Bonchev–Trinajstić information content (AvgIpc) is 3.07. The van der Waals surface area contributed by atoms with E-state index in [0.717, 1.165) is 10.5 Å². The third kappa shape index (κ3) is 5.28. The number of rotatable bonds is 9. The van der Waals surface area contributed by atoms with E-state index >= 15 is 0 Å². The molecule has 2 aromatic rings. The van der Waals surface area contributed by atoms with Crippen LogP contribution in [0.4, 0.5) is 5.69 Å². The normalized spacial score (nSPS) is 15.8. The number of methoxy groups -OCH3 is 1. The van der Waals surface area contributed by atoms with Crippen LogP contribution in [0.15, 0.2) is 54.6 Å². The Morgan fingerprint density at radius 3 is 2.35 bits per heavy atom. The molecule has 1 fully saturated rings. The van der Waals surface area contributed by atoms with Crippen molar-refractivity contribution in [1.29, 1.82) is 0 Å². The molecule has 3 rings (SSSR count). The van der Waals surface area contributed by atoms with Crippen LogP contribution in [0.1, 0.15) is 24.8 Å². The molecule has 1 aliphatic rings. The number of carboxylic acids is 1. The molecule has 0 bridgehead atoms. The van der Waals surface area contributed by atoms with E-state index in [2.05, 4.69) is 0 Å². The highest BCUT2D eigenvalue weighted by atomic mass is 16.5. The number of carbonyl (C=O) groups excluding carboxylic acids is 4. The Hall–Kier alpha value is -3.68. The van der Waals surface area contributed by atoms with Gasteiger partial charge < -0.3 is 19.5 Å². The molecule has 1 saturated heterocycles. The second kappa shape index (κ2) is 9.88. The van der Waals surface area contributed by atoms with Gasteiger partial charge in [-0.2, -0.15) is 0 Å². The SMILES string of the molecule is COc1ccc(CCN(C(=O)CCC(=O)[O-])[C@@H]2CC(=O)N(c3ccccc3)C2=O)cc1. The number of ether oxygens (including phenoxy) is 1. The van der Waals surface area contributed by atoms with Gasteiger partial charge in [0.1, 0.15) is 11.8 Å². The number of aliphatic carboxylic acids is 1. The number of carboxylic acid groups (broad SMARTS) is 1. The van der Waals surface area contributed by atoms with Crippen molar-refractivity contribution < 1.29 is 29.0 Å². The lowest BCUT2D eigenvalue weighted by atomic mass is 10.1. The standard InChI is InChI=1S/C23H24N2O6/c1-31-18-9-7-16(8-10-18)13-14-24(20(26)11-12-22(28)29)19-15-21(27)25(23(19)30)17-5-3-2-4-6-17/h2-10,19H,11-15H2,1H3,(H,28,29)/p-1/t19-/m1/s1. The molecule has 162 valence electrons. The van der Waals surface area contributed by atoms with E-state index in [0.29, 0.717) is 17.9 Å². The molecule has 8 heteroatoms. The Morgan fingerprint density at radius 2 is 1.74 bits per heavy atom. The molecular formula is C23H23N2O6-. The quantitative estimate of drug-likeness (QED) is 0.556. The summed E-state index contributed by atoms with van der Waals surface area (Å²) >= 11 is 0. The molecule has 0 radical (unpaired) electrons. The fraction of sp³-hybridized carbons (Fsp3) is 0.304. The van der Waals surface area contributed by atoms with Crippen LogP contribution in [-0.2, 0) is 25.6 Å². The third-order valence-electron chi connectivity index (χ3n) is 5.18. The Morgan fingerprint density at radius 1 is 1.06 bits per heavy atom.